The highest BCUT2D eigenvalue weighted by molar-refractivity contribution is 7.99. The molecule has 1 amide bonds. The summed E-state index contributed by atoms with van der Waals surface area (Å²) in [5.74, 6) is 1.36. The number of hydrogen-bond acceptors (Lipinski definition) is 8. The number of anilines is 1. The number of hydrazine groups is 1. The SMILES string of the molecule is CCSc1nc(NNC(=O)c2ccco2)c2c3c(sc2n1)CO[C@](C)(CC)C3. The topological polar surface area (TPSA) is 89.3 Å². The first-order chi connectivity index (χ1) is 13.5. The summed E-state index contributed by atoms with van der Waals surface area (Å²) < 4.78 is 11.2. The Hall–Kier alpha value is -2.10. The zero-order chi connectivity index (χ0) is 19.7. The lowest BCUT2D eigenvalue weighted by Gasteiger charge is -2.33. The third-order valence-electron chi connectivity index (χ3n) is 4.88. The van der Waals surface area contributed by atoms with E-state index in [-0.39, 0.29) is 17.3 Å². The van der Waals surface area contributed by atoms with Crippen LogP contribution in [0.1, 0.15) is 48.2 Å². The number of nitrogens with one attached hydrogen (secondary N) is 2. The van der Waals surface area contributed by atoms with Gasteiger partial charge in [0.15, 0.2) is 16.7 Å². The molecular formula is C19H22N4O3S2. The van der Waals surface area contributed by atoms with E-state index < -0.39 is 0 Å². The summed E-state index contributed by atoms with van der Waals surface area (Å²) in [5, 5.41) is 1.64. The Labute approximate surface area is 171 Å². The van der Waals surface area contributed by atoms with E-state index in [1.807, 2.05) is 0 Å². The van der Waals surface area contributed by atoms with Crippen molar-refractivity contribution in [2.75, 3.05) is 11.2 Å². The molecule has 0 bridgehead atoms. The van der Waals surface area contributed by atoms with E-state index in [9.17, 15) is 4.79 Å². The van der Waals surface area contributed by atoms with Crippen LogP contribution in [-0.4, -0.2) is 27.2 Å². The van der Waals surface area contributed by atoms with Crippen LogP contribution in [0.4, 0.5) is 5.82 Å². The summed E-state index contributed by atoms with van der Waals surface area (Å²) in [6.45, 7) is 6.90. The van der Waals surface area contributed by atoms with Gasteiger partial charge in [-0.05, 0) is 36.8 Å². The molecule has 3 aromatic heterocycles. The molecule has 3 aromatic rings. The van der Waals surface area contributed by atoms with Crippen molar-refractivity contribution in [2.45, 2.75) is 51.0 Å². The summed E-state index contributed by atoms with van der Waals surface area (Å²) in [7, 11) is 0. The molecule has 0 aliphatic carbocycles. The summed E-state index contributed by atoms with van der Waals surface area (Å²) in [4.78, 5) is 23.7. The highest BCUT2D eigenvalue weighted by Crippen LogP contribution is 2.42. The Bertz CT molecular complexity index is 1000. The standard InChI is InChI=1S/C19H22N4O3S2/c1-4-19(3)9-11-13(10-26-19)28-17-14(11)15(20-18(21-17)27-5-2)22-23-16(24)12-7-6-8-25-12/h6-8H,4-5,9-10H2,1-3H3,(H,23,24)(H,20,21,22)/t19-/m1/s1. The van der Waals surface area contributed by atoms with Gasteiger partial charge in [0.25, 0.3) is 0 Å². The first kappa shape index (κ1) is 19.2. The van der Waals surface area contributed by atoms with Crippen LogP contribution in [0.25, 0.3) is 10.2 Å². The van der Waals surface area contributed by atoms with Crippen molar-refractivity contribution in [2.24, 2.45) is 0 Å². The molecule has 148 valence electrons. The van der Waals surface area contributed by atoms with Crippen molar-refractivity contribution in [1.29, 1.82) is 0 Å². The number of thioether (sulfide) groups is 1. The van der Waals surface area contributed by atoms with E-state index in [1.165, 1.54) is 16.7 Å². The molecule has 28 heavy (non-hydrogen) atoms. The number of rotatable bonds is 6. The minimum atomic E-state index is -0.354. The maximum atomic E-state index is 12.3. The molecule has 0 unspecified atom stereocenters. The van der Waals surface area contributed by atoms with Crippen LogP contribution in [0.15, 0.2) is 28.0 Å². The second-order valence-electron chi connectivity index (χ2n) is 6.80. The van der Waals surface area contributed by atoms with Crippen LogP contribution in [0, 0.1) is 0 Å². The lowest BCUT2D eigenvalue weighted by molar-refractivity contribution is -0.0543. The first-order valence-electron chi connectivity index (χ1n) is 9.22. The quantitative estimate of drug-likeness (QED) is 0.348. The normalized spacial score (nSPS) is 18.8. The number of thiophene rings is 1. The molecule has 4 heterocycles. The molecule has 1 atom stereocenters. The van der Waals surface area contributed by atoms with E-state index in [4.69, 9.17) is 14.1 Å². The molecule has 0 aromatic carbocycles. The molecule has 1 aliphatic rings. The van der Waals surface area contributed by atoms with Crippen molar-refractivity contribution < 1.29 is 13.9 Å². The summed E-state index contributed by atoms with van der Waals surface area (Å²) in [5.41, 5.74) is 6.69. The zero-order valence-corrected chi connectivity index (χ0v) is 17.6. The summed E-state index contributed by atoms with van der Waals surface area (Å²) in [6.07, 6.45) is 3.18. The van der Waals surface area contributed by atoms with Gasteiger partial charge in [-0.1, -0.05) is 25.6 Å². The monoisotopic (exact) mass is 418 g/mol. The van der Waals surface area contributed by atoms with E-state index in [0.717, 1.165) is 28.8 Å². The number of amides is 1. The number of fused-ring (bicyclic) bond motifs is 3. The second kappa shape index (κ2) is 7.73. The lowest BCUT2D eigenvalue weighted by Crippen LogP contribution is -2.34. The molecule has 0 radical (unpaired) electrons. The molecular weight excluding hydrogens is 396 g/mol. The van der Waals surface area contributed by atoms with Gasteiger partial charge < -0.3 is 9.15 Å². The molecule has 7 nitrogen and oxygen atoms in total. The van der Waals surface area contributed by atoms with Gasteiger partial charge in [-0.2, -0.15) is 0 Å². The fraction of sp³-hybridized carbons (Fsp3) is 0.421. The van der Waals surface area contributed by atoms with Crippen molar-refractivity contribution in [1.82, 2.24) is 15.4 Å². The minimum absolute atomic E-state index is 0.202. The number of hydrogen-bond donors (Lipinski definition) is 2. The largest absolute Gasteiger partial charge is 0.459 e. The lowest BCUT2D eigenvalue weighted by atomic mass is 9.90. The minimum Gasteiger partial charge on any atom is -0.459 e. The van der Waals surface area contributed by atoms with Gasteiger partial charge in [-0.15, -0.1) is 11.3 Å². The summed E-state index contributed by atoms with van der Waals surface area (Å²) in [6, 6.07) is 3.29. The molecule has 0 spiro atoms. The average Bonchev–Trinajstić information content (AvgIpc) is 3.34. The molecule has 1 aliphatic heterocycles. The van der Waals surface area contributed by atoms with E-state index >= 15 is 0 Å². The van der Waals surface area contributed by atoms with Crippen LogP contribution in [0.2, 0.25) is 0 Å². The molecule has 2 N–H and O–H groups in total. The van der Waals surface area contributed by atoms with Crippen molar-refractivity contribution in [3.05, 3.63) is 34.6 Å². The van der Waals surface area contributed by atoms with Crippen LogP contribution < -0.4 is 10.9 Å². The van der Waals surface area contributed by atoms with E-state index in [1.54, 1.807) is 35.2 Å². The predicted molar refractivity (Wildman–Crippen MR) is 111 cm³/mol. The number of carbonyl (C=O) groups excluding carboxylic acids is 1. The first-order valence-corrected chi connectivity index (χ1v) is 11.0. The average molecular weight is 419 g/mol. The van der Waals surface area contributed by atoms with E-state index in [2.05, 4.69) is 36.6 Å². The summed E-state index contributed by atoms with van der Waals surface area (Å²) >= 11 is 3.20. The van der Waals surface area contributed by atoms with Gasteiger partial charge in [0.1, 0.15) is 4.83 Å². The van der Waals surface area contributed by atoms with Gasteiger partial charge in [-0.25, -0.2) is 9.97 Å². The van der Waals surface area contributed by atoms with Gasteiger partial charge in [0.05, 0.1) is 23.9 Å². The third-order valence-corrected chi connectivity index (χ3v) is 6.71. The zero-order valence-electron chi connectivity index (χ0n) is 16.0. The van der Waals surface area contributed by atoms with Crippen LogP contribution in [0.3, 0.4) is 0 Å². The molecule has 0 saturated heterocycles. The van der Waals surface area contributed by atoms with Crippen molar-refractivity contribution >= 4 is 45.0 Å². The maximum Gasteiger partial charge on any atom is 0.305 e. The van der Waals surface area contributed by atoms with Gasteiger partial charge >= 0.3 is 5.91 Å². The number of furan rings is 1. The van der Waals surface area contributed by atoms with E-state index in [0.29, 0.717) is 17.6 Å². The smallest absolute Gasteiger partial charge is 0.305 e. The molecule has 4 rings (SSSR count). The fourth-order valence-corrected chi connectivity index (χ4v) is 4.88. The Balaban J connectivity index is 1.72. The highest BCUT2D eigenvalue weighted by Gasteiger charge is 2.33. The maximum absolute atomic E-state index is 12.3. The van der Waals surface area contributed by atoms with Crippen molar-refractivity contribution in [3.63, 3.8) is 0 Å². The Morgan fingerprint density at radius 3 is 2.96 bits per heavy atom. The van der Waals surface area contributed by atoms with Crippen LogP contribution in [-0.2, 0) is 17.8 Å². The Kier molecular flexibility index (Phi) is 5.31. The van der Waals surface area contributed by atoms with Gasteiger partial charge in [0.2, 0.25) is 0 Å². The highest BCUT2D eigenvalue weighted by atomic mass is 32.2. The Morgan fingerprint density at radius 1 is 1.39 bits per heavy atom. The van der Waals surface area contributed by atoms with Crippen LogP contribution in [0.5, 0.6) is 0 Å². The second-order valence-corrected chi connectivity index (χ2v) is 9.11. The molecule has 0 saturated carbocycles. The number of nitrogens with zero attached hydrogens (tertiary/aromatic N) is 2. The van der Waals surface area contributed by atoms with Crippen LogP contribution >= 0.6 is 23.1 Å². The molecule has 0 fully saturated rings. The number of ether oxygens (including phenoxy) is 1. The number of carbonyl (C=O) groups is 1. The predicted octanol–water partition coefficient (Wildman–Crippen LogP) is 4.39. The molecule has 9 heteroatoms. The van der Waals surface area contributed by atoms with Gasteiger partial charge in [0, 0.05) is 11.3 Å². The number of aromatic nitrogens is 2. The third kappa shape index (κ3) is 3.61. The Morgan fingerprint density at radius 2 is 2.25 bits per heavy atom. The fourth-order valence-electron chi connectivity index (χ4n) is 3.15. The van der Waals surface area contributed by atoms with Gasteiger partial charge in [-0.3, -0.25) is 15.6 Å². The van der Waals surface area contributed by atoms with Crippen molar-refractivity contribution in [3.8, 4) is 0 Å².